The smallest absolute Gasteiger partial charge is 0.138 e. The Hall–Kier alpha value is -0.970. The van der Waals surface area contributed by atoms with E-state index in [4.69, 9.17) is 0 Å². The van der Waals surface area contributed by atoms with Gasteiger partial charge in [0.25, 0.3) is 0 Å². The predicted octanol–water partition coefficient (Wildman–Crippen LogP) is -1.09. The van der Waals surface area contributed by atoms with E-state index in [9.17, 15) is 0 Å². The van der Waals surface area contributed by atoms with Gasteiger partial charge in [-0.1, -0.05) is 0 Å². The quantitative estimate of drug-likeness (QED) is 0.517. The van der Waals surface area contributed by atoms with Crippen molar-refractivity contribution in [1.29, 1.82) is 0 Å². The first-order valence-electron chi connectivity index (χ1n) is 2.70. The van der Waals surface area contributed by atoms with Crippen LogP contribution in [0, 0.1) is 0 Å². The van der Waals surface area contributed by atoms with E-state index >= 15 is 0 Å². The summed E-state index contributed by atoms with van der Waals surface area (Å²) in [5.74, 6) is 0. The lowest BCUT2D eigenvalue weighted by atomic mass is 10.6. The Morgan fingerprint density at radius 1 is 1.67 bits per heavy atom. The molecule has 0 saturated heterocycles. The van der Waals surface area contributed by atoms with E-state index in [-0.39, 0.29) is 0 Å². The van der Waals surface area contributed by atoms with Crippen LogP contribution in [0.2, 0.25) is 0 Å². The lowest BCUT2D eigenvalue weighted by Crippen LogP contribution is -2.09. The van der Waals surface area contributed by atoms with Gasteiger partial charge < -0.3 is 0 Å². The molecule has 0 bridgehead atoms. The molecule has 5 heteroatoms. The molecule has 5 nitrogen and oxygen atoms in total. The highest BCUT2D eigenvalue weighted by molar-refractivity contribution is 4.46. The van der Waals surface area contributed by atoms with Crippen LogP contribution < -0.4 is 5.32 Å². The van der Waals surface area contributed by atoms with E-state index in [0.29, 0.717) is 0 Å². The summed E-state index contributed by atoms with van der Waals surface area (Å²) < 4.78 is 1.65. The fraction of sp³-hybridized carbons (Fsp3) is 0.750. The van der Waals surface area contributed by atoms with Crippen molar-refractivity contribution in [3.8, 4) is 0 Å². The second-order valence-electron chi connectivity index (χ2n) is 1.61. The fourth-order valence-electron chi connectivity index (χ4n) is 0.485. The van der Waals surface area contributed by atoms with Crippen LogP contribution in [0.3, 0.4) is 0 Å². The Morgan fingerprint density at radius 2 is 2.56 bits per heavy atom. The van der Waals surface area contributed by atoms with Crippen molar-refractivity contribution in [1.82, 2.24) is 25.5 Å². The largest absolute Gasteiger partial charge is 0.243 e. The van der Waals surface area contributed by atoms with Crippen molar-refractivity contribution < 1.29 is 0 Å². The first-order valence-corrected chi connectivity index (χ1v) is 2.70. The van der Waals surface area contributed by atoms with Gasteiger partial charge in [0.15, 0.2) is 0 Å². The molecule has 9 heavy (non-hydrogen) atoms. The number of hydrogen-bond acceptors (Lipinski definition) is 3. The van der Waals surface area contributed by atoms with Crippen LogP contribution in [0.4, 0.5) is 0 Å². The van der Waals surface area contributed by atoms with Gasteiger partial charge in [0, 0.05) is 13.6 Å². The van der Waals surface area contributed by atoms with Gasteiger partial charge in [-0.2, -0.15) is 0 Å². The second kappa shape index (κ2) is 3.13. The average molecular weight is 126 g/mol. The number of hydrogen-bond donors (Lipinski definition) is 0. The van der Waals surface area contributed by atoms with E-state index in [0.717, 1.165) is 13.1 Å². The minimum Gasteiger partial charge on any atom is -0.243 e. The van der Waals surface area contributed by atoms with Crippen molar-refractivity contribution in [3.05, 3.63) is 6.33 Å². The molecular weight excluding hydrogens is 118 g/mol. The van der Waals surface area contributed by atoms with Gasteiger partial charge >= 0.3 is 0 Å². The molecule has 1 rings (SSSR count). The highest BCUT2D eigenvalue weighted by Gasteiger charge is 1.88. The SMILES string of the molecule is C[N]CCn1cnnn1. The third-order valence-corrected chi connectivity index (χ3v) is 0.944. The summed E-state index contributed by atoms with van der Waals surface area (Å²) in [6, 6.07) is 0. The van der Waals surface area contributed by atoms with E-state index in [1.807, 2.05) is 0 Å². The topological polar surface area (TPSA) is 57.7 Å². The van der Waals surface area contributed by atoms with Crippen LogP contribution in [0.5, 0.6) is 0 Å². The summed E-state index contributed by atoms with van der Waals surface area (Å²) in [6.45, 7) is 1.54. The normalized spacial score (nSPS) is 9.89. The maximum Gasteiger partial charge on any atom is 0.138 e. The molecule has 1 radical (unpaired) electrons. The molecule has 1 aromatic rings. The number of tetrazole rings is 1. The van der Waals surface area contributed by atoms with Crippen LogP contribution in [0.15, 0.2) is 6.33 Å². The molecular formula is C4H8N5. The van der Waals surface area contributed by atoms with Gasteiger partial charge in [0.2, 0.25) is 0 Å². The third kappa shape index (κ3) is 1.77. The molecule has 1 aromatic heterocycles. The standard InChI is InChI=1S/C4H8N5/c1-5-2-3-9-4-6-7-8-9/h4H,2-3H2,1H3. The lowest BCUT2D eigenvalue weighted by Gasteiger charge is -1.93. The van der Waals surface area contributed by atoms with E-state index < -0.39 is 0 Å². The monoisotopic (exact) mass is 126 g/mol. The lowest BCUT2D eigenvalue weighted by molar-refractivity contribution is 0.561. The minimum atomic E-state index is 0.767. The molecule has 0 aliphatic carbocycles. The summed E-state index contributed by atoms with van der Waals surface area (Å²) in [5, 5.41) is 14.5. The van der Waals surface area contributed by atoms with Crippen molar-refractivity contribution in [3.63, 3.8) is 0 Å². The van der Waals surface area contributed by atoms with Gasteiger partial charge in [-0.3, -0.25) is 0 Å². The van der Waals surface area contributed by atoms with E-state index in [2.05, 4.69) is 20.8 Å². The maximum atomic E-state index is 3.89. The van der Waals surface area contributed by atoms with E-state index in [1.165, 1.54) is 0 Å². The van der Waals surface area contributed by atoms with E-state index in [1.54, 1.807) is 18.1 Å². The zero-order valence-corrected chi connectivity index (χ0v) is 5.23. The number of likely N-dealkylation sites (N-methyl/N-ethyl adjacent to an activating group) is 1. The van der Waals surface area contributed by atoms with Gasteiger partial charge in [-0.05, 0) is 10.4 Å². The molecule has 0 aliphatic heterocycles. The average Bonchev–Trinajstić information content (AvgIpc) is 2.34. The van der Waals surface area contributed by atoms with Gasteiger partial charge in [0.1, 0.15) is 6.33 Å². The summed E-state index contributed by atoms with van der Waals surface area (Å²) in [6.07, 6.45) is 1.57. The molecule has 0 fully saturated rings. The fourth-order valence-corrected chi connectivity index (χ4v) is 0.485. The summed E-state index contributed by atoms with van der Waals surface area (Å²) >= 11 is 0. The molecule has 0 amide bonds. The van der Waals surface area contributed by atoms with Crippen molar-refractivity contribution >= 4 is 0 Å². The van der Waals surface area contributed by atoms with Crippen LogP contribution in [-0.2, 0) is 6.54 Å². The van der Waals surface area contributed by atoms with Crippen molar-refractivity contribution in [2.45, 2.75) is 6.54 Å². The molecule has 0 N–H and O–H groups in total. The Balaban J connectivity index is 2.30. The van der Waals surface area contributed by atoms with Crippen LogP contribution >= 0.6 is 0 Å². The first-order chi connectivity index (χ1) is 4.43. The molecule has 0 atom stereocenters. The van der Waals surface area contributed by atoms with Crippen molar-refractivity contribution in [2.24, 2.45) is 0 Å². The second-order valence-corrected chi connectivity index (χ2v) is 1.61. The molecule has 0 aromatic carbocycles. The van der Waals surface area contributed by atoms with Gasteiger partial charge in [-0.25, -0.2) is 10.00 Å². The Bertz CT molecular complexity index is 146. The van der Waals surface area contributed by atoms with Crippen molar-refractivity contribution in [2.75, 3.05) is 13.6 Å². The number of aromatic nitrogens is 4. The molecule has 1 heterocycles. The molecule has 0 spiro atoms. The maximum absolute atomic E-state index is 3.89. The van der Waals surface area contributed by atoms with Crippen LogP contribution in [0.25, 0.3) is 0 Å². The predicted molar refractivity (Wildman–Crippen MR) is 30.7 cm³/mol. The molecule has 0 aliphatic rings. The Labute approximate surface area is 53.1 Å². The number of rotatable bonds is 3. The van der Waals surface area contributed by atoms with Crippen LogP contribution in [0.1, 0.15) is 0 Å². The highest BCUT2D eigenvalue weighted by Crippen LogP contribution is 1.73. The zero-order chi connectivity index (χ0) is 6.53. The summed E-state index contributed by atoms with van der Waals surface area (Å²) in [7, 11) is 1.77. The van der Waals surface area contributed by atoms with Crippen LogP contribution in [-0.4, -0.2) is 33.8 Å². The summed E-state index contributed by atoms with van der Waals surface area (Å²) in [5.41, 5.74) is 0. The Kier molecular flexibility index (Phi) is 2.14. The Morgan fingerprint density at radius 3 is 3.11 bits per heavy atom. The molecule has 0 saturated carbocycles. The van der Waals surface area contributed by atoms with Gasteiger partial charge in [0.05, 0.1) is 6.54 Å². The number of nitrogens with zero attached hydrogens (tertiary/aromatic N) is 5. The zero-order valence-electron chi connectivity index (χ0n) is 5.23. The molecule has 0 unspecified atom stereocenters. The minimum absolute atomic E-state index is 0.767. The summed E-state index contributed by atoms with van der Waals surface area (Å²) in [4.78, 5) is 0. The molecule has 49 valence electrons. The first kappa shape index (κ1) is 6.15. The third-order valence-electron chi connectivity index (χ3n) is 0.944. The van der Waals surface area contributed by atoms with Gasteiger partial charge in [-0.15, -0.1) is 5.10 Å². The highest BCUT2D eigenvalue weighted by atomic mass is 15.5.